The van der Waals surface area contributed by atoms with Gasteiger partial charge in [0.2, 0.25) is 0 Å². The summed E-state index contributed by atoms with van der Waals surface area (Å²) in [6.45, 7) is 4.43. The highest BCUT2D eigenvalue weighted by Crippen LogP contribution is 2.38. The molecular weight excluding hydrogens is 258 g/mol. The fraction of sp³-hybridized carbons (Fsp3) is 0.684. The van der Waals surface area contributed by atoms with Crippen molar-refractivity contribution < 1.29 is 4.74 Å². The van der Waals surface area contributed by atoms with Gasteiger partial charge in [-0.25, -0.2) is 0 Å². The Morgan fingerprint density at radius 2 is 1.95 bits per heavy atom. The number of nitrogens with two attached hydrogens (primary N) is 1. The molecule has 0 amide bonds. The van der Waals surface area contributed by atoms with Gasteiger partial charge in [-0.2, -0.15) is 0 Å². The molecule has 1 aliphatic rings. The predicted octanol–water partition coefficient (Wildman–Crippen LogP) is 5.00. The molecular formula is C19H31NO. The van der Waals surface area contributed by atoms with Gasteiger partial charge in [-0.15, -0.1) is 0 Å². The maximum absolute atomic E-state index is 6.57. The lowest BCUT2D eigenvalue weighted by Gasteiger charge is -2.33. The van der Waals surface area contributed by atoms with E-state index in [4.69, 9.17) is 10.5 Å². The van der Waals surface area contributed by atoms with Crippen molar-refractivity contribution in [3.8, 4) is 5.75 Å². The van der Waals surface area contributed by atoms with Crippen molar-refractivity contribution in [1.82, 2.24) is 0 Å². The van der Waals surface area contributed by atoms with Crippen LogP contribution in [0.4, 0.5) is 0 Å². The summed E-state index contributed by atoms with van der Waals surface area (Å²) in [4.78, 5) is 0. The fourth-order valence-electron chi connectivity index (χ4n) is 3.73. The van der Waals surface area contributed by atoms with E-state index in [9.17, 15) is 0 Å². The largest absolute Gasteiger partial charge is 0.497 e. The second kappa shape index (κ2) is 7.84. The minimum Gasteiger partial charge on any atom is -0.497 e. The smallest absolute Gasteiger partial charge is 0.119 e. The van der Waals surface area contributed by atoms with Crippen LogP contribution in [0.5, 0.6) is 5.75 Å². The summed E-state index contributed by atoms with van der Waals surface area (Å²) < 4.78 is 5.29. The van der Waals surface area contributed by atoms with Gasteiger partial charge in [-0.1, -0.05) is 45.1 Å². The van der Waals surface area contributed by atoms with Crippen molar-refractivity contribution in [1.29, 1.82) is 0 Å². The first kappa shape index (κ1) is 16.4. The summed E-state index contributed by atoms with van der Waals surface area (Å²) in [5, 5.41) is 0. The third-order valence-corrected chi connectivity index (χ3v) is 5.20. The first-order valence-corrected chi connectivity index (χ1v) is 8.55. The maximum Gasteiger partial charge on any atom is 0.119 e. The van der Waals surface area contributed by atoms with Gasteiger partial charge in [0.05, 0.1) is 7.11 Å². The van der Waals surface area contributed by atoms with Crippen LogP contribution >= 0.6 is 0 Å². The van der Waals surface area contributed by atoms with Crippen molar-refractivity contribution in [2.45, 2.75) is 64.8 Å². The molecule has 2 N–H and O–H groups in total. The summed E-state index contributed by atoms with van der Waals surface area (Å²) in [6, 6.07) is 6.47. The van der Waals surface area contributed by atoms with Gasteiger partial charge in [0.25, 0.3) is 0 Å². The Morgan fingerprint density at radius 1 is 1.24 bits per heavy atom. The molecule has 2 heteroatoms. The van der Waals surface area contributed by atoms with Crippen LogP contribution in [0.1, 0.15) is 69.0 Å². The van der Waals surface area contributed by atoms with Gasteiger partial charge in [-0.05, 0) is 54.9 Å². The average Bonchev–Trinajstić information content (AvgIpc) is 2.52. The second-order valence-electron chi connectivity index (χ2n) is 6.67. The zero-order valence-electron chi connectivity index (χ0n) is 13.9. The highest BCUT2D eigenvalue weighted by atomic mass is 16.5. The molecule has 1 aliphatic carbocycles. The summed E-state index contributed by atoms with van der Waals surface area (Å²) in [6.07, 6.45) is 9.45. The molecule has 1 saturated carbocycles. The molecule has 1 unspecified atom stereocenters. The van der Waals surface area contributed by atoms with Gasteiger partial charge in [0, 0.05) is 6.04 Å². The third-order valence-electron chi connectivity index (χ3n) is 5.20. The van der Waals surface area contributed by atoms with E-state index in [-0.39, 0.29) is 6.04 Å². The Labute approximate surface area is 130 Å². The van der Waals surface area contributed by atoms with Crippen LogP contribution in [0.2, 0.25) is 0 Å². The number of hydrogen-bond donors (Lipinski definition) is 1. The number of benzene rings is 1. The standard InChI is InChI=1S/C19H31NO/c1-4-5-6-15-7-9-16(10-8-15)19(20)18-12-11-17(21-3)13-14(18)2/h11-13,15-16,19H,4-10,20H2,1-3H3. The lowest BCUT2D eigenvalue weighted by atomic mass is 9.75. The number of aryl methyl sites for hydroxylation is 1. The molecule has 0 aliphatic heterocycles. The molecule has 0 spiro atoms. The topological polar surface area (TPSA) is 35.2 Å². The summed E-state index contributed by atoms with van der Waals surface area (Å²) in [7, 11) is 1.71. The Morgan fingerprint density at radius 3 is 2.52 bits per heavy atom. The van der Waals surface area contributed by atoms with E-state index in [1.807, 2.05) is 6.07 Å². The molecule has 1 aromatic carbocycles. The van der Waals surface area contributed by atoms with Crippen molar-refractivity contribution in [2.75, 3.05) is 7.11 Å². The van der Waals surface area contributed by atoms with E-state index in [0.29, 0.717) is 5.92 Å². The quantitative estimate of drug-likeness (QED) is 0.799. The molecule has 0 saturated heterocycles. The minimum atomic E-state index is 0.183. The highest BCUT2D eigenvalue weighted by molar-refractivity contribution is 5.36. The Bertz CT molecular complexity index is 435. The molecule has 0 aromatic heterocycles. The van der Waals surface area contributed by atoms with E-state index >= 15 is 0 Å². The first-order valence-electron chi connectivity index (χ1n) is 8.55. The van der Waals surface area contributed by atoms with E-state index in [1.54, 1.807) is 7.11 Å². The Balaban J connectivity index is 1.94. The van der Waals surface area contributed by atoms with E-state index < -0.39 is 0 Å². The van der Waals surface area contributed by atoms with Crippen LogP contribution in [0.3, 0.4) is 0 Å². The van der Waals surface area contributed by atoms with E-state index in [0.717, 1.165) is 11.7 Å². The molecule has 1 fully saturated rings. The number of rotatable bonds is 6. The maximum atomic E-state index is 6.57. The number of methoxy groups -OCH3 is 1. The van der Waals surface area contributed by atoms with Crippen LogP contribution in [-0.4, -0.2) is 7.11 Å². The van der Waals surface area contributed by atoms with Gasteiger partial charge in [0.15, 0.2) is 0 Å². The van der Waals surface area contributed by atoms with Gasteiger partial charge in [0.1, 0.15) is 5.75 Å². The summed E-state index contributed by atoms with van der Waals surface area (Å²) >= 11 is 0. The van der Waals surface area contributed by atoms with Crippen LogP contribution < -0.4 is 10.5 Å². The molecule has 2 rings (SSSR count). The SMILES string of the molecule is CCCCC1CCC(C(N)c2ccc(OC)cc2C)CC1. The van der Waals surface area contributed by atoms with Crippen molar-refractivity contribution in [2.24, 2.45) is 17.6 Å². The zero-order valence-corrected chi connectivity index (χ0v) is 13.9. The van der Waals surface area contributed by atoms with Crippen LogP contribution in [-0.2, 0) is 0 Å². The Hall–Kier alpha value is -1.02. The van der Waals surface area contributed by atoms with Gasteiger partial charge < -0.3 is 10.5 Å². The number of unbranched alkanes of at least 4 members (excludes halogenated alkanes) is 1. The van der Waals surface area contributed by atoms with Crippen molar-refractivity contribution in [3.63, 3.8) is 0 Å². The molecule has 0 heterocycles. The third kappa shape index (κ3) is 4.23. The molecule has 2 nitrogen and oxygen atoms in total. The molecule has 21 heavy (non-hydrogen) atoms. The lowest BCUT2D eigenvalue weighted by molar-refractivity contribution is 0.232. The molecule has 1 atom stereocenters. The monoisotopic (exact) mass is 289 g/mol. The zero-order chi connectivity index (χ0) is 15.2. The van der Waals surface area contributed by atoms with Crippen molar-refractivity contribution >= 4 is 0 Å². The fourth-order valence-corrected chi connectivity index (χ4v) is 3.73. The average molecular weight is 289 g/mol. The summed E-state index contributed by atoms with van der Waals surface area (Å²) in [5.41, 5.74) is 9.12. The van der Waals surface area contributed by atoms with Gasteiger partial charge in [-0.3, -0.25) is 0 Å². The minimum absolute atomic E-state index is 0.183. The molecule has 0 bridgehead atoms. The van der Waals surface area contributed by atoms with Gasteiger partial charge >= 0.3 is 0 Å². The Kier molecular flexibility index (Phi) is 6.10. The van der Waals surface area contributed by atoms with Crippen molar-refractivity contribution in [3.05, 3.63) is 29.3 Å². The number of ether oxygens (including phenoxy) is 1. The van der Waals surface area contributed by atoms with Crippen LogP contribution in [0.15, 0.2) is 18.2 Å². The molecule has 0 radical (unpaired) electrons. The first-order chi connectivity index (χ1) is 10.2. The highest BCUT2D eigenvalue weighted by Gasteiger charge is 2.26. The number of hydrogen-bond acceptors (Lipinski definition) is 2. The molecule has 118 valence electrons. The molecule has 1 aromatic rings. The predicted molar refractivity (Wildman–Crippen MR) is 89.6 cm³/mol. The summed E-state index contributed by atoms with van der Waals surface area (Å²) in [5.74, 6) is 2.52. The van der Waals surface area contributed by atoms with E-state index in [2.05, 4.69) is 26.0 Å². The van der Waals surface area contributed by atoms with Crippen LogP contribution in [0.25, 0.3) is 0 Å². The second-order valence-corrected chi connectivity index (χ2v) is 6.67. The normalized spacial score (nSPS) is 23.8. The van der Waals surface area contributed by atoms with E-state index in [1.165, 1.54) is 56.1 Å². The van der Waals surface area contributed by atoms with Crippen LogP contribution in [0, 0.1) is 18.8 Å². The lowest BCUT2D eigenvalue weighted by Crippen LogP contribution is -2.26.